The van der Waals surface area contributed by atoms with Gasteiger partial charge in [-0.25, -0.2) is 19.6 Å². The second kappa shape index (κ2) is 17.0. The van der Waals surface area contributed by atoms with Crippen molar-refractivity contribution < 1.29 is 48.8 Å². The molecule has 0 bridgehead atoms. The van der Waals surface area contributed by atoms with Crippen LogP contribution in [0.3, 0.4) is 0 Å². The van der Waals surface area contributed by atoms with Gasteiger partial charge in [0.05, 0.1) is 36.6 Å². The standard InChI is InChI=1S/C25H32N6O11S2/c1-11(32)27-15(23(37)38)9-43-18(14-7-20(36)30-25(29-14)42-4)5-13(34)6-19(21-26-8-17(35)22(31-21)41-3)44-10-16(24(39)40)28-12(2)33/h7-8,15-16,18-19,35H,5-6,9-10H2,1-4H3,(H,27,32)(H,28,33)(H,37,38)(H,39,40)(H,29,30,36). The fourth-order valence-electron chi connectivity index (χ4n) is 3.63. The van der Waals surface area contributed by atoms with Gasteiger partial charge in [0, 0.05) is 44.3 Å². The van der Waals surface area contributed by atoms with E-state index < -0.39 is 57.7 Å². The number of carboxylic acid groups (broad SMARTS) is 2. The predicted molar refractivity (Wildman–Crippen MR) is 157 cm³/mol. The number of carboxylic acids is 2. The minimum Gasteiger partial charge on any atom is -0.502 e. The molecule has 2 amide bonds. The van der Waals surface area contributed by atoms with E-state index in [2.05, 4.69) is 30.6 Å². The lowest BCUT2D eigenvalue weighted by atomic mass is 10.1. The molecule has 0 aliphatic heterocycles. The van der Waals surface area contributed by atoms with Gasteiger partial charge in [0.1, 0.15) is 23.7 Å². The Balaban J connectivity index is 2.40. The highest BCUT2D eigenvalue weighted by Gasteiger charge is 2.29. The van der Waals surface area contributed by atoms with Gasteiger partial charge in [-0.05, 0) is 0 Å². The van der Waals surface area contributed by atoms with Gasteiger partial charge in [0.15, 0.2) is 5.75 Å². The first-order valence-corrected chi connectivity index (χ1v) is 14.8. The summed E-state index contributed by atoms with van der Waals surface area (Å²) in [6.07, 6.45) is 0.494. The number of H-pyrrole nitrogens is 1. The van der Waals surface area contributed by atoms with Gasteiger partial charge in [-0.3, -0.25) is 24.2 Å². The molecule has 0 aliphatic carbocycles. The third-order valence-electron chi connectivity index (χ3n) is 5.60. The number of rotatable bonds is 18. The molecule has 2 aromatic rings. The van der Waals surface area contributed by atoms with Crippen LogP contribution in [0.4, 0.5) is 0 Å². The molecule has 0 saturated carbocycles. The number of amides is 2. The van der Waals surface area contributed by atoms with E-state index in [1.807, 2.05) is 0 Å². The first-order valence-electron chi connectivity index (χ1n) is 12.7. The van der Waals surface area contributed by atoms with Crippen molar-refractivity contribution in [1.82, 2.24) is 30.6 Å². The molecule has 17 nitrogen and oxygen atoms in total. The van der Waals surface area contributed by atoms with Gasteiger partial charge in [-0.2, -0.15) is 4.98 Å². The summed E-state index contributed by atoms with van der Waals surface area (Å²) in [6, 6.07) is -1.61. The normalized spacial score (nSPS) is 13.5. The quantitative estimate of drug-likeness (QED) is 0.124. The van der Waals surface area contributed by atoms with E-state index in [4.69, 9.17) is 9.47 Å². The first-order chi connectivity index (χ1) is 20.7. The van der Waals surface area contributed by atoms with Crippen molar-refractivity contribution in [2.45, 2.75) is 49.3 Å². The molecule has 44 heavy (non-hydrogen) atoms. The minimum atomic E-state index is -1.31. The molecule has 4 unspecified atom stereocenters. The molecule has 0 spiro atoms. The maximum atomic E-state index is 13.5. The zero-order chi connectivity index (χ0) is 33.0. The predicted octanol–water partition coefficient (Wildman–Crippen LogP) is 0.0594. The second-order valence-electron chi connectivity index (χ2n) is 9.08. The Kier molecular flexibility index (Phi) is 13.9. The Labute approximate surface area is 258 Å². The van der Waals surface area contributed by atoms with Crippen molar-refractivity contribution in [2.75, 3.05) is 25.7 Å². The molecule has 0 saturated heterocycles. The minimum absolute atomic E-state index is 0.0294. The van der Waals surface area contributed by atoms with Crippen LogP contribution in [0.1, 0.15) is 48.7 Å². The van der Waals surface area contributed by atoms with Crippen molar-refractivity contribution in [3.8, 4) is 17.6 Å². The number of methoxy groups -OCH3 is 2. The number of hydrogen-bond acceptors (Lipinski definition) is 14. The molecule has 2 aromatic heterocycles. The van der Waals surface area contributed by atoms with Crippen LogP contribution in [-0.2, 0) is 24.0 Å². The van der Waals surface area contributed by atoms with E-state index in [0.29, 0.717) is 0 Å². The number of hydrogen-bond donors (Lipinski definition) is 6. The topological polar surface area (TPSA) is 260 Å². The number of Topliss-reactive ketones (excluding diaryl/α,β-unsaturated/α-hetero) is 1. The Morgan fingerprint density at radius 1 is 0.909 bits per heavy atom. The third kappa shape index (κ3) is 11.4. The number of nitrogens with one attached hydrogen (secondary N) is 3. The highest BCUT2D eigenvalue weighted by atomic mass is 32.2. The number of carbonyl (C=O) groups excluding carboxylic acids is 3. The fourth-order valence-corrected chi connectivity index (χ4v) is 6.09. The molecule has 2 rings (SSSR count). The van der Waals surface area contributed by atoms with Crippen LogP contribution in [0.5, 0.6) is 17.6 Å². The molecule has 0 aliphatic rings. The van der Waals surface area contributed by atoms with Gasteiger partial charge in [0.2, 0.25) is 11.8 Å². The van der Waals surface area contributed by atoms with Crippen molar-refractivity contribution >= 4 is 53.1 Å². The Hall–Kier alpha value is -4.39. The number of thioether (sulfide) groups is 2. The molecule has 0 fully saturated rings. The van der Waals surface area contributed by atoms with Crippen LogP contribution in [0, 0.1) is 0 Å². The van der Waals surface area contributed by atoms with Crippen LogP contribution in [-0.4, -0.2) is 103 Å². The highest BCUT2D eigenvalue weighted by molar-refractivity contribution is 7.99. The molecule has 2 heterocycles. The van der Waals surface area contributed by atoms with E-state index in [1.165, 1.54) is 14.2 Å². The largest absolute Gasteiger partial charge is 0.502 e. The summed E-state index contributed by atoms with van der Waals surface area (Å²) in [6.45, 7) is 2.32. The number of nitrogens with zero attached hydrogens (tertiary/aromatic N) is 3. The van der Waals surface area contributed by atoms with Crippen molar-refractivity contribution in [3.63, 3.8) is 0 Å². The molecule has 6 N–H and O–H groups in total. The molecule has 240 valence electrons. The lowest BCUT2D eigenvalue weighted by molar-refractivity contribution is -0.141. The van der Waals surface area contributed by atoms with Crippen molar-refractivity contribution in [3.05, 3.63) is 34.1 Å². The maximum Gasteiger partial charge on any atom is 0.327 e. The van der Waals surface area contributed by atoms with Crippen LogP contribution < -0.4 is 25.7 Å². The number of carbonyl (C=O) groups is 5. The van der Waals surface area contributed by atoms with E-state index >= 15 is 0 Å². The lowest BCUT2D eigenvalue weighted by Crippen LogP contribution is -2.41. The number of aliphatic carboxylic acids is 2. The lowest BCUT2D eigenvalue weighted by Gasteiger charge is -2.21. The van der Waals surface area contributed by atoms with Crippen LogP contribution in [0.15, 0.2) is 17.1 Å². The van der Waals surface area contributed by atoms with E-state index in [-0.39, 0.29) is 53.5 Å². The summed E-state index contributed by atoms with van der Waals surface area (Å²) in [4.78, 5) is 86.9. The first kappa shape index (κ1) is 35.8. The Morgan fingerprint density at radius 3 is 1.95 bits per heavy atom. The summed E-state index contributed by atoms with van der Waals surface area (Å²) < 4.78 is 10.1. The van der Waals surface area contributed by atoms with Crippen LogP contribution in [0.2, 0.25) is 0 Å². The molecular formula is C25H32N6O11S2. The molecule has 19 heteroatoms. The number of ketones is 1. The second-order valence-corrected chi connectivity index (χ2v) is 11.5. The average Bonchev–Trinajstić information content (AvgIpc) is 2.95. The molecule has 0 aromatic carbocycles. The van der Waals surface area contributed by atoms with E-state index in [1.54, 1.807) is 0 Å². The van der Waals surface area contributed by atoms with E-state index in [9.17, 15) is 44.1 Å². The molecule has 0 radical (unpaired) electrons. The van der Waals surface area contributed by atoms with Gasteiger partial charge in [0.25, 0.3) is 17.4 Å². The number of aromatic hydroxyl groups is 1. The summed E-state index contributed by atoms with van der Waals surface area (Å²) in [5.41, 5.74) is -0.475. The van der Waals surface area contributed by atoms with Gasteiger partial charge >= 0.3 is 11.9 Å². The summed E-state index contributed by atoms with van der Waals surface area (Å²) >= 11 is 1.93. The Morgan fingerprint density at radius 2 is 1.45 bits per heavy atom. The SMILES string of the molecule is COc1nc(C(CC(=O)CC(SCC(NC(C)=O)C(=O)O)c2ncc(O)c(OC)n2)SCC(NC(C)=O)C(=O)O)cc(=O)[nH]1. The fraction of sp³-hybridized carbons (Fsp3) is 0.480. The molecule has 4 atom stereocenters. The smallest absolute Gasteiger partial charge is 0.327 e. The Bertz CT molecular complexity index is 1420. The monoisotopic (exact) mass is 656 g/mol. The summed E-state index contributed by atoms with van der Waals surface area (Å²) in [5, 5.41) is 31.8. The van der Waals surface area contributed by atoms with Crippen LogP contribution in [0.25, 0.3) is 0 Å². The molecular weight excluding hydrogens is 624 g/mol. The highest BCUT2D eigenvalue weighted by Crippen LogP contribution is 2.37. The van der Waals surface area contributed by atoms with Gasteiger partial charge in [-0.1, -0.05) is 0 Å². The number of aromatic amines is 1. The average molecular weight is 657 g/mol. The van der Waals surface area contributed by atoms with E-state index in [0.717, 1.165) is 49.6 Å². The zero-order valence-electron chi connectivity index (χ0n) is 24.1. The number of aromatic nitrogens is 4. The summed E-state index contributed by atoms with van der Waals surface area (Å²) in [5.74, 6) is -5.09. The van der Waals surface area contributed by atoms with Crippen molar-refractivity contribution in [2.24, 2.45) is 0 Å². The zero-order valence-corrected chi connectivity index (χ0v) is 25.7. The maximum absolute atomic E-state index is 13.5. The van der Waals surface area contributed by atoms with Crippen molar-refractivity contribution in [1.29, 1.82) is 0 Å². The number of ether oxygens (including phenoxy) is 2. The van der Waals surface area contributed by atoms with Gasteiger partial charge < -0.3 is 35.4 Å². The van der Waals surface area contributed by atoms with Crippen LogP contribution >= 0.6 is 23.5 Å². The third-order valence-corrected chi connectivity index (χ3v) is 8.25. The van der Waals surface area contributed by atoms with Gasteiger partial charge in [-0.15, -0.1) is 23.5 Å². The summed E-state index contributed by atoms with van der Waals surface area (Å²) in [7, 11) is 2.53.